The summed E-state index contributed by atoms with van der Waals surface area (Å²) in [4.78, 5) is 16.8. The normalized spacial score (nSPS) is 12.9. The number of esters is 1. The molecule has 1 aromatic carbocycles. The van der Waals surface area contributed by atoms with Gasteiger partial charge in [0.1, 0.15) is 23.7 Å². The molecule has 0 N–H and O–H groups in total. The summed E-state index contributed by atoms with van der Waals surface area (Å²) in [5.74, 6) is -3.65. The van der Waals surface area contributed by atoms with Gasteiger partial charge in [-0.05, 0) is 80.1 Å². The highest BCUT2D eigenvalue weighted by molar-refractivity contribution is 7.80. The topological polar surface area (TPSA) is 62.6 Å². The smallest absolute Gasteiger partial charge is 0.418 e. The minimum Gasteiger partial charge on any atom is -0.460 e. The van der Waals surface area contributed by atoms with Gasteiger partial charge in [0.15, 0.2) is 17.4 Å². The van der Waals surface area contributed by atoms with Gasteiger partial charge < -0.3 is 18.8 Å². The highest BCUT2D eigenvalue weighted by Gasteiger charge is 2.37. The van der Waals surface area contributed by atoms with Crippen molar-refractivity contribution in [1.82, 2.24) is 9.55 Å². The zero-order chi connectivity index (χ0) is 35.4. The number of ether oxygens (including phenoxy) is 3. The van der Waals surface area contributed by atoms with Crippen molar-refractivity contribution in [3.8, 4) is 11.5 Å². The van der Waals surface area contributed by atoms with Crippen LogP contribution in [0.4, 0.5) is 22.0 Å². The maximum Gasteiger partial charge on any atom is 0.418 e. The SMILES string of the molecule is CC(C)(CCC(=O)OC(C)(C)C)CCC(=S)Cc1cc(F)c(Oc2ccnc3c2c(C(F)(F)F)cn3COCC[Si](C)(C)C)c(F)c1. The molecule has 0 bridgehead atoms. The molecule has 47 heavy (non-hydrogen) atoms. The number of carbonyl (C=O) groups is 1. The molecule has 0 atom stereocenters. The number of fused-ring (bicyclic) bond motifs is 1. The number of rotatable bonds is 15. The summed E-state index contributed by atoms with van der Waals surface area (Å²) in [7, 11) is -1.42. The number of benzene rings is 1. The van der Waals surface area contributed by atoms with Crippen LogP contribution in [0.5, 0.6) is 11.5 Å². The highest BCUT2D eigenvalue weighted by Crippen LogP contribution is 2.42. The molecule has 3 aromatic rings. The van der Waals surface area contributed by atoms with Crippen molar-refractivity contribution in [3.05, 3.63) is 53.4 Å². The van der Waals surface area contributed by atoms with Gasteiger partial charge in [0, 0.05) is 39.9 Å². The molecule has 6 nitrogen and oxygen atoms in total. The standard InChI is InChI=1S/C34H45F5N2O4SSi/c1-32(2,3)45-28(42)10-13-33(4,5)12-9-23(46)17-22-18-25(35)30(26(36)19-22)44-27-11-14-40-31-29(27)24(34(37,38)39)20-41(31)21-43-15-16-47(6,7)8/h11,14,18-20H,9-10,12-13,15-17,21H2,1-8H3. The zero-order valence-corrected chi connectivity index (χ0v) is 30.2. The Morgan fingerprint density at radius 1 is 1.00 bits per heavy atom. The predicted molar refractivity (Wildman–Crippen MR) is 180 cm³/mol. The van der Waals surface area contributed by atoms with E-state index < -0.39 is 53.9 Å². The minimum absolute atomic E-state index is 0.0837. The Balaban J connectivity index is 1.73. The summed E-state index contributed by atoms with van der Waals surface area (Å²) in [6, 6.07) is 4.10. The number of thiocarbonyl (C=S) groups is 1. The highest BCUT2D eigenvalue weighted by atomic mass is 32.1. The second-order valence-electron chi connectivity index (χ2n) is 14.8. The summed E-state index contributed by atoms with van der Waals surface area (Å²) in [6.45, 7) is 16.1. The van der Waals surface area contributed by atoms with Crippen LogP contribution in [-0.2, 0) is 33.6 Å². The van der Waals surface area contributed by atoms with Crippen molar-refractivity contribution in [2.24, 2.45) is 5.41 Å². The third-order valence-corrected chi connectivity index (χ3v) is 9.48. The van der Waals surface area contributed by atoms with Gasteiger partial charge in [0.2, 0.25) is 0 Å². The van der Waals surface area contributed by atoms with E-state index in [9.17, 15) is 18.0 Å². The van der Waals surface area contributed by atoms with E-state index in [2.05, 4.69) is 24.6 Å². The summed E-state index contributed by atoms with van der Waals surface area (Å²) in [5, 5.41) is -0.424. The first-order chi connectivity index (χ1) is 21.5. The number of hydrogen-bond donors (Lipinski definition) is 0. The van der Waals surface area contributed by atoms with E-state index in [0.29, 0.717) is 30.7 Å². The Kier molecular flexibility index (Phi) is 12.4. The number of pyridine rings is 1. The third kappa shape index (κ3) is 11.9. The van der Waals surface area contributed by atoms with Crippen LogP contribution in [0, 0.1) is 17.0 Å². The van der Waals surface area contributed by atoms with Crippen molar-refractivity contribution in [1.29, 1.82) is 0 Å². The number of nitrogens with zero attached hydrogens (tertiary/aromatic N) is 2. The zero-order valence-electron chi connectivity index (χ0n) is 28.4. The fourth-order valence-electron chi connectivity index (χ4n) is 4.80. The molecular formula is C34H45F5N2O4SSi. The number of halogens is 5. The number of carbonyl (C=O) groups excluding carboxylic acids is 1. The van der Waals surface area contributed by atoms with Gasteiger partial charge in [-0.25, -0.2) is 13.8 Å². The van der Waals surface area contributed by atoms with E-state index in [1.165, 1.54) is 10.8 Å². The maximum absolute atomic E-state index is 15.2. The molecule has 260 valence electrons. The van der Waals surface area contributed by atoms with Gasteiger partial charge in [-0.1, -0.05) is 45.7 Å². The van der Waals surface area contributed by atoms with Gasteiger partial charge >= 0.3 is 12.1 Å². The van der Waals surface area contributed by atoms with E-state index in [1.807, 2.05) is 34.6 Å². The van der Waals surface area contributed by atoms with Gasteiger partial charge in [-0.15, -0.1) is 0 Å². The summed E-state index contributed by atoms with van der Waals surface area (Å²) in [5.41, 5.74) is -1.65. The second-order valence-corrected chi connectivity index (χ2v) is 21.0. The molecule has 0 unspecified atom stereocenters. The fourth-order valence-corrected chi connectivity index (χ4v) is 5.82. The molecule has 13 heteroatoms. The van der Waals surface area contributed by atoms with E-state index in [4.69, 9.17) is 26.4 Å². The molecule has 0 fully saturated rings. The molecule has 0 aliphatic carbocycles. The lowest BCUT2D eigenvalue weighted by atomic mass is 9.82. The van der Waals surface area contributed by atoms with Crippen molar-refractivity contribution in [3.63, 3.8) is 0 Å². The van der Waals surface area contributed by atoms with Crippen LogP contribution >= 0.6 is 12.2 Å². The molecule has 0 saturated heterocycles. The van der Waals surface area contributed by atoms with Gasteiger partial charge in [0.05, 0.1) is 10.9 Å². The van der Waals surface area contributed by atoms with Crippen LogP contribution in [0.25, 0.3) is 11.0 Å². The second kappa shape index (κ2) is 15.1. The number of alkyl halides is 3. The minimum atomic E-state index is -4.79. The van der Waals surface area contributed by atoms with Crippen LogP contribution in [-0.4, -0.2) is 40.7 Å². The molecule has 0 amide bonds. The van der Waals surface area contributed by atoms with Gasteiger partial charge in [0.25, 0.3) is 0 Å². The Morgan fingerprint density at radius 3 is 2.19 bits per heavy atom. The average Bonchev–Trinajstić information content (AvgIpc) is 3.30. The fraction of sp³-hybridized carbons (Fsp3) is 0.559. The largest absolute Gasteiger partial charge is 0.460 e. The molecular weight excluding hydrogens is 656 g/mol. The monoisotopic (exact) mass is 700 g/mol. The lowest BCUT2D eigenvalue weighted by molar-refractivity contribution is -0.155. The predicted octanol–water partition coefficient (Wildman–Crippen LogP) is 10.3. The van der Waals surface area contributed by atoms with Crippen molar-refractivity contribution in [2.45, 2.75) is 111 Å². The maximum atomic E-state index is 15.2. The van der Waals surface area contributed by atoms with Crippen LogP contribution in [0.1, 0.15) is 71.4 Å². The Hall–Kier alpha value is -2.90. The molecule has 0 radical (unpaired) electrons. The molecule has 0 saturated carbocycles. The Labute approximate surface area is 280 Å². The first kappa shape index (κ1) is 38.5. The molecule has 2 aromatic heterocycles. The number of aromatic nitrogens is 2. The summed E-state index contributed by atoms with van der Waals surface area (Å²) < 4.78 is 90.5. The van der Waals surface area contributed by atoms with E-state index in [-0.39, 0.29) is 42.2 Å². The third-order valence-electron chi connectivity index (χ3n) is 7.43. The van der Waals surface area contributed by atoms with E-state index >= 15 is 8.78 Å². The average molecular weight is 701 g/mol. The molecule has 0 spiro atoms. The lowest BCUT2D eigenvalue weighted by Crippen LogP contribution is -2.25. The van der Waals surface area contributed by atoms with Gasteiger partial charge in [-0.2, -0.15) is 13.2 Å². The van der Waals surface area contributed by atoms with E-state index in [1.54, 1.807) is 0 Å². The van der Waals surface area contributed by atoms with Gasteiger partial charge in [-0.3, -0.25) is 4.79 Å². The van der Waals surface area contributed by atoms with Crippen molar-refractivity contribution in [2.75, 3.05) is 6.61 Å². The van der Waals surface area contributed by atoms with Crippen molar-refractivity contribution < 1.29 is 41.0 Å². The Morgan fingerprint density at radius 2 is 1.62 bits per heavy atom. The first-order valence-electron chi connectivity index (χ1n) is 15.6. The number of hydrogen-bond acceptors (Lipinski definition) is 6. The lowest BCUT2D eigenvalue weighted by Gasteiger charge is -2.26. The Bertz CT molecular complexity index is 1550. The molecule has 3 rings (SSSR count). The van der Waals surface area contributed by atoms with E-state index in [0.717, 1.165) is 30.4 Å². The van der Waals surface area contributed by atoms with Crippen LogP contribution in [0.2, 0.25) is 25.7 Å². The molecule has 0 aliphatic heterocycles. The van der Waals surface area contributed by atoms with Crippen LogP contribution in [0.15, 0.2) is 30.6 Å². The first-order valence-corrected chi connectivity index (χ1v) is 19.7. The quantitative estimate of drug-likeness (QED) is 0.0517. The molecule has 2 heterocycles. The van der Waals surface area contributed by atoms with Crippen molar-refractivity contribution >= 4 is 42.2 Å². The van der Waals surface area contributed by atoms with Crippen LogP contribution in [0.3, 0.4) is 0 Å². The molecule has 0 aliphatic rings. The van der Waals surface area contributed by atoms with Crippen LogP contribution < -0.4 is 4.74 Å². The summed E-state index contributed by atoms with van der Waals surface area (Å²) in [6.07, 6.45) is -0.584. The summed E-state index contributed by atoms with van der Waals surface area (Å²) >= 11 is 5.50.